The Balaban J connectivity index is 0.00000161. The number of benzene rings is 1. The largest absolute Gasteiger partial charge is 0.492 e. The molecule has 21 heavy (non-hydrogen) atoms. The first-order chi connectivity index (χ1) is 9.72. The molecule has 1 aromatic heterocycles. The van der Waals surface area contributed by atoms with Gasteiger partial charge in [0, 0.05) is 24.3 Å². The molecule has 0 saturated heterocycles. The number of carbonyl (C=O) groups excluding carboxylic acids is 1. The van der Waals surface area contributed by atoms with Gasteiger partial charge >= 0.3 is 0 Å². The van der Waals surface area contributed by atoms with Crippen LogP contribution in [0, 0.1) is 6.92 Å². The van der Waals surface area contributed by atoms with Crippen molar-refractivity contribution in [3.63, 3.8) is 0 Å². The van der Waals surface area contributed by atoms with E-state index in [4.69, 9.17) is 4.74 Å². The molecule has 2 N–H and O–H groups in total. The Kier molecular flexibility index (Phi) is 5.17. The van der Waals surface area contributed by atoms with Crippen molar-refractivity contribution in [2.75, 3.05) is 18.5 Å². The van der Waals surface area contributed by atoms with Crippen LogP contribution in [-0.2, 0) is 6.54 Å². The molecule has 112 valence electrons. The summed E-state index contributed by atoms with van der Waals surface area (Å²) in [6.45, 7) is 4.13. The van der Waals surface area contributed by atoms with Gasteiger partial charge in [-0.15, -0.1) is 23.7 Å². The summed E-state index contributed by atoms with van der Waals surface area (Å²) in [5.74, 6) is 0.750. The number of hydrogen-bond donors (Lipinski definition) is 2. The lowest BCUT2D eigenvalue weighted by atomic mass is 10.1. The van der Waals surface area contributed by atoms with Crippen molar-refractivity contribution in [2.45, 2.75) is 13.5 Å². The van der Waals surface area contributed by atoms with Crippen LogP contribution in [0.3, 0.4) is 0 Å². The SMILES string of the molecule is Cc1ncc(C(=O)Nc2ccc3c(c2)CNCCO3)s1.Cl. The number of ether oxygens (including phenoxy) is 1. The lowest BCUT2D eigenvalue weighted by molar-refractivity contribution is 0.103. The van der Waals surface area contributed by atoms with Crippen molar-refractivity contribution in [1.82, 2.24) is 10.3 Å². The van der Waals surface area contributed by atoms with Crippen molar-refractivity contribution in [1.29, 1.82) is 0 Å². The van der Waals surface area contributed by atoms with Gasteiger partial charge in [-0.2, -0.15) is 0 Å². The topological polar surface area (TPSA) is 63.2 Å². The van der Waals surface area contributed by atoms with Gasteiger partial charge in [-0.3, -0.25) is 4.79 Å². The highest BCUT2D eigenvalue weighted by molar-refractivity contribution is 7.13. The van der Waals surface area contributed by atoms with Crippen molar-refractivity contribution in [3.8, 4) is 5.75 Å². The fourth-order valence-electron chi connectivity index (χ4n) is 2.05. The molecule has 1 aliphatic rings. The molecule has 1 aromatic carbocycles. The molecule has 0 atom stereocenters. The number of carbonyl (C=O) groups is 1. The summed E-state index contributed by atoms with van der Waals surface area (Å²) in [7, 11) is 0. The first-order valence-electron chi connectivity index (χ1n) is 6.42. The molecule has 5 nitrogen and oxygen atoms in total. The molecule has 1 amide bonds. The number of anilines is 1. The molecule has 1 aliphatic heterocycles. The molecular formula is C14H16ClN3O2S. The summed E-state index contributed by atoms with van der Waals surface area (Å²) in [5, 5.41) is 7.05. The van der Waals surface area contributed by atoms with Gasteiger partial charge in [-0.05, 0) is 25.1 Å². The van der Waals surface area contributed by atoms with Crippen molar-refractivity contribution >= 4 is 35.3 Å². The number of rotatable bonds is 2. The summed E-state index contributed by atoms with van der Waals surface area (Å²) in [6.07, 6.45) is 1.60. The van der Waals surface area contributed by atoms with Crippen LogP contribution < -0.4 is 15.4 Å². The average Bonchev–Trinajstić information content (AvgIpc) is 2.74. The lowest BCUT2D eigenvalue weighted by Crippen LogP contribution is -2.16. The Labute approximate surface area is 133 Å². The fraction of sp³-hybridized carbons (Fsp3) is 0.286. The highest BCUT2D eigenvalue weighted by atomic mass is 35.5. The molecule has 0 saturated carbocycles. The van der Waals surface area contributed by atoms with E-state index in [0.29, 0.717) is 11.5 Å². The average molecular weight is 326 g/mol. The first-order valence-corrected chi connectivity index (χ1v) is 7.24. The first kappa shape index (κ1) is 15.8. The van der Waals surface area contributed by atoms with Gasteiger partial charge in [0.05, 0.1) is 11.2 Å². The van der Waals surface area contributed by atoms with Gasteiger partial charge in [0.1, 0.15) is 17.2 Å². The smallest absolute Gasteiger partial charge is 0.267 e. The number of halogens is 1. The predicted octanol–water partition coefficient (Wildman–Crippen LogP) is 2.61. The van der Waals surface area contributed by atoms with Gasteiger partial charge in [0.25, 0.3) is 5.91 Å². The second-order valence-electron chi connectivity index (χ2n) is 4.55. The summed E-state index contributed by atoms with van der Waals surface area (Å²) >= 11 is 1.39. The van der Waals surface area contributed by atoms with E-state index in [9.17, 15) is 4.79 Å². The maximum Gasteiger partial charge on any atom is 0.267 e. The molecule has 0 radical (unpaired) electrons. The number of hydrogen-bond acceptors (Lipinski definition) is 5. The summed E-state index contributed by atoms with van der Waals surface area (Å²) in [4.78, 5) is 16.8. The van der Waals surface area contributed by atoms with Crippen molar-refractivity contribution < 1.29 is 9.53 Å². The molecule has 0 fully saturated rings. The van der Waals surface area contributed by atoms with Crippen LogP contribution in [0.2, 0.25) is 0 Å². The van der Waals surface area contributed by atoms with E-state index < -0.39 is 0 Å². The van der Waals surface area contributed by atoms with Crippen LogP contribution in [0.4, 0.5) is 5.69 Å². The Bertz CT molecular complexity index is 645. The molecule has 2 heterocycles. The van der Waals surface area contributed by atoms with Crippen LogP contribution in [0.15, 0.2) is 24.4 Å². The number of nitrogens with zero attached hydrogens (tertiary/aromatic N) is 1. The molecule has 0 bridgehead atoms. The third-order valence-electron chi connectivity index (χ3n) is 3.02. The molecule has 3 rings (SSSR count). The molecular weight excluding hydrogens is 310 g/mol. The minimum atomic E-state index is -0.127. The minimum absolute atomic E-state index is 0. The number of thiazole rings is 1. The van der Waals surface area contributed by atoms with E-state index in [1.165, 1.54) is 11.3 Å². The normalized spacial score (nSPS) is 13.4. The van der Waals surface area contributed by atoms with Gasteiger partial charge in [-0.25, -0.2) is 4.98 Å². The van der Waals surface area contributed by atoms with Crippen LogP contribution in [0.1, 0.15) is 20.2 Å². The monoisotopic (exact) mass is 325 g/mol. The maximum absolute atomic E-state index is 12.1. The highest BCUT2D eigenvalue weighted by Gasteiger charge is 2.12. The zero-order chi connectivity index (χ0) is 13.9. The van der Waals surface area contributed by atoms with Crippen LogP contribution >= 0.6 is 23.7 Å². The van der Waals surface area contributed by atoms with Gasteiger partial charge in [0.15, 0.2) is 0 Å². The van der Waals surface area contributed by atoms with E-state index in [2.05, 4.69) is 15.6 Å². The van der Waals surface area contributed by atoms with Gasteiger partial charge in [-0.1, -0.05) is 0 Å². The number of aromatic nitrogens is 1. The van der Waals surface area contributed by atoms with E-state index in [-0.39, 0.29) is 18.3 Å². The van der Waals surface area contributed by atoms with Gasteiger partial charge < -0.3 is 15.4 Å². The molecule has 0 aliphatic carbocycles. The Morgan fingerprint density at radius 2 is 2.33 bits per heavy atom. The number of nitrogens with one attached hydrogen (secondary N) is 2. The second-order valence-corrected chi connectivity index (χ2v) is 5.78. The van der Waals surface area contributed by atoms with Crippen LogP contribution in [0.5, 0.6) is 5.75 Å². The third-order valence-corrected chi connectivity index (χ3v) is 3.93. The van der Waals surface area contributed by atoms with E-state index >= 15 is 0 Å². The van der Waals surface area contributed by atoms with E-state index in [0.717, 1.165) is 35.1 Å². The van der Waals surface area contributed by atoms with Crippen LogP contribution in [-0.4, -0.2) is 24.0 Å². The lowest BCUT2D eigenvalue weighted by Gasteiger charge is -2.09. The predicted molar refractivity (Wildman–Crippen MR) is 85.7 cm³/mol. The van der Waals surface area contributed by atoms with Crippen molar-refractivity contribution in [2.24, 2.45) is 0 Å². The zero-order valence-corrected chi connectivity index (χ0v) is 13.1. The van der Waals surface area contributed by atoms with E-state index in [1.54, 1.807) is 6.20 Å². The van der Waals surface area contributed by atoms with Crippen LogP contribution in [0.25, 0.3) is 0 Å². The fourth-order valence-corrected chi connectivity index (χ4v) is 2.72. The Hall–Kier alpha value is -1.63. The number of amides is 1. The summed E-state index contributed by atoms with van der Waals surface area (Å²) < 4.78 is 5.61. The zero-order valence-electron chi connectivity index (χ0n) is 11.5. The van der Waals surface area contributed by atoms with E-state index in [1.807, 2.05) is 25.1 Å². The molecule has 0 unspecified atom stereocenters. The summed E-state index contributed by atoms with van der Waals surface area (Å²) in [6, 6.07) is 5.70. The second kappa shape index (κ2) is 6.89. The summed E-state index contributed by atoms with van der Waals surface area (Å²) in [5.41, 5.74) is 1.83. The Morgan fingerprint density at radius 3 is 3.10 bits per heavy atom. The maximum atomic E-state index is 12.1. The Morgan fingerprint density at radius 1 is 1.48 bits per heavy atom. The number of fused-ring (bicyclic) bond motifs is 1. The standard InChI is InChI=1S/C14H15N3O2S.ClH/c1-9-16-8-13(20-9)14(18)17-11-2-3-12-10(6-11)7-15-4-5-19-12;/h2-3,6,8,15H,4-5,7H2,1H3,(H,17,18);1H. The quantitative estimate of drug-likeness (QED) is 0.891. The molecule has 0 spiro atoms. The van der Waals surface area contributed by atoms with Gasteiger partial charge in [0.2, 0.25) is 0 Å². The third kappa shape index (κ3) is 3.72. The number of aryl methyl sites for hydroxylation is 1. The minimum Gasteiger partial charge on any atom is -0.492 e. The van der Waals surface area contributed by atoms with Crippen molar-refractivity contribution in [3.05, 3.63) is 39.8 Å². The molecule has 7 heteroatoms. The highest BCUT2D eigenvalue weighted by Crippen LogP contribution is 2.24. The molecule has 2 aromatic rings.